The van der Waals surface area contributed by atoms with Crippen molar-refractivity contribution >= 4 is 21.4 Å². The van der Waals surface area contributed by atoms with Crippen molar-refractivity contribution in [2.75, 3.05) is 6.54 Å². The van der Waals surface area contributed by atoms with E-state index in [1.54, 1.807) is 16.0 Å². The molecule has 0 saturated heterocycles. The molecular formula is C13H20N4O2S2. The summed E-state index contributed by atoms with van der Waals surface area (Å²) in [5.41, 5.74) is 6.61. The number of hydrogen-bond acceptors (Lipinski definition) is 5. The highest BCUT2D eigenvalue weighted by molar-refractivity contribution is 7.89. The fourth-order valence-corrected chi connectivity index (χ4v) is 3.89. The van der Waals surface area contributed by atoms with Gasteiger partial charge in [0.25, 0.3) is 0 Å². The van der Waals surface area contributed by atoms with Gasteiger partial charge in [0.05, 0.1) is 6.20 Å². The lowest BCUT2D eigenvalue weighted by Crippen LogP contribution is -2.22. The van der Waals surface area contributed by atoms with Crippen LogP contribution in [0.4, 0.5) is 0 Å². The van der Waals surface area contributed by atoms with E-state index in [4.69, 9.17) is 5.73 Å². The third-order valence-corrected chi connectivity index (χ3v) is 5.67. The first-order chi connectivity index (χ1) is 9.92. The van der Waals surface area contributed by atoms with Crippen LogP contribution in [0.1, 0.15) is 21.7 Å². The Morgan fingerprint density at radius 2 is 2.19 bits per heavy atom. The molecule has 0 aliphatic rings. The van der Waals surface area contributed by atoms with Crippen LogP contribution in [0.5, 0.6) is 0 Å². The van der Waals surface area contributed by atoms with Crippen molar-refractivity contribution in [2.24, 2.45) is 5.73 Å². The summed E-state index contributed by atoms with van der Waals surface area (Å²) >= 11 is 1.60. The highest BCUT2D eigenvalue weighted by atomic mass is 32.2. The minimum absolute atomic E-state index is 0.185. The SMILES string of the molecule is Cc1cc(CNS(=O)(=O)c2cnn(CCCN)c2)sc1C. The predicted molar refractivity (Wildman–Crippen MR) is 83.7 cm³/mol. The van der Waals surface area contributed by atoms with Crippen molar-refractivity contribution in [3.05, 3.63) is 33.8 Å². The Hall–Kier alpha value is -1.22. The minimum atomic E-state index is -3.52. The predicted octanol–water partition coefficient (Wildman–Crippen LogP) is 1.39. The first-order valence-electron chi connectivity index (χ1n) is 6.70. The van der Waals surface area contributed by atoms with Gasteiger partial charge in [-0.1, -0.05) is 0 Å². The highest BCUT2D eigenvalue weighted by Crippen LogP contribution is 2.21. The zero-order valence-corrected chi connectivity index (χ0v) is 13.8. The second-order valence-electron chi connectivity index (χ2n) is 4.86. The smallest absolute Gasteiger partial charge is 0.244 e. The van der Waals surface area contributed by atoms with Gasteiger partial charge in [-0.3, -0.25) is 4.68 Å². The van der Waals surface area contributed by atoms with Gasteiger partial charge < -0.3 is 5.73 Å². The van der Waals surface area contributed by atoms with Crippen molar-refractivity contribution in [2.45, 2.75) is 38.3 Å². The number of sulfonamides is 1. The van der Waals surface area contributed by atoms with Gasteiger partial charge in [-0.2, -0.15) is 5.10 Å². The number of thiophene rings is 1. The Morgan fingerprint density at radius 1 is 1.43 bits per heavy atom. The molecule has 116 valence electrons. The minimum Gasteiger partial charge on any atom is -0.330 e. The molecule has 0 aromatic carbocycles. The van der Waals surface area contributed by atoms with E-state index < -0.39 is 10.0 Å². The van der Waals surface area contributed by atoms with E-state index in [0.29, 0.717) is 19.6 Å². The highest BCUT2D eigenvalue weighted by Gasteiger charge is 2.16. The Morgan fingerprint density at radius 3 is 2.81 bits per heavy atom. The van der Waals surface area contributed by atoms with Gasteiger partial charge in [-0.05, 0) is 38.4 Å². The summed E-state index contributed by atoms with van der Waals surface area (Å²) in [5, 5.41) is 4.04. The zero-order valence-electron chi connectivity index (χ0n) is 12.2. The van der Waals surface area contributed by atoms with E-state index in [0.717, 1.165) is 11.3 Å². The van der Waals surface area contributed by atoms with E-state index in [1.807, 2.05) is 19.9 Å². The number of nitrogens with two attached hydrogens (primary N) is 1. The van der Waals surface area contributed by atoms with Gasteiger partial charge in [0.1, 0.15) is 4.90 Å². The van der Waals surface area contributed by atoms with E-state index in [2.05, 4.69) is 9.82 Å². The van der Waals surface area contributed by atoms with Gasteiger partial charge in [-0.25, -0.2) is 13.1 Å². The summed E-state index contributed by atoms with van der Waals surface area (Å²) in [4.78, 5) is 2.40. The molecule has 0 aliphatic heterocycles. The normalized spacial score (nSPS) is 12.0. The maximum atomic E-state index is 12.2. The lowest BCUT2D eigenvalue weighted by atomic mass is 10.3. The molecule has 2 aromatic heterocycles. The Kier molecular flexibility index (Phi) is 5.15. The quantitative estimate of drug-likeness (QED) is 0.803. The lowest BCUT2D eigenvalue weighted by molar-refractivity contribution is 0.576. The summed E-state index contributed by atoms with van der Waals surface area (Å²) in [5.74, 6) is 0. The molecular weight excluding hydrogens is 308 g/mol. The van der Waals surface area contributed by atoms with Crippen molar-refractivity contribution in [1.82, 2.24) is 14.5 Å². The molecule has 0 saturated carbocycles. The molecule has 0 unspecified atom stereocenters. The van der Waals surface area contributed by atoms with Crippen LogP contribution in [0.2, 0.25) is 0 Å². The van der Waals surface area contributed by atoms with Gasteiger partial charge >= 0.3 is 0 Å². The van der Waals surface area contributed by atoms with Crippen LogP contribution in [0, 0.1) is 13.8 Å². The molecule has 0 radical (unpaired) electrons. The second-order valence-corrected chi connectivity index (χ2v) is 7.97. The molecule has 8 heteroatoms. The summed E-state index contributed by atoms with van der Waals surface area (Å²) < 4.78 is 28.6. The standard InChI is InChI=1S/C13H20N4O2S2/c1-10-6-12(20-11(10)2)7-16-21(18,19)13-8-15-17(9-13)5-3-4-14/h6,8-9,16H,3-5,7,14H2,1-2H3. The molecule has 2 rings (SSSR count). The van der Waals surface area contributed by atoms with Crippen LogP contribution in [0.3, 0.4) is 0 Å². The lowest BCUT2D eigenvalue weighted by Gasteiger charge is -2.02. The summed E-state index contributed by atoms with van der Waals surface area (Å²) in [6.45, 7) is 5.52. The molecule has 0 fully saturated rings. The molecule has 0 aliphatic carbocycles. The summed E-state index contributed by atoms with van der Waals surface area (Å²) in [7, 11) is -3.52. The van der Waals surface area contributed by atoms with Gasteiger partial charge in [-0.15, -0.1) is 11.3 Å². The number of rotatable bonds is 7. The van der Waals surface area contributed by atoms with E-state index in [1.165, 1.54) is 22.8 Å². The van der Waals surface area contributed by atoms with Crippen molar-refractivity contribution < 1.29 is 8.42 Å². The largest absolute Gasteiger partial charge is 0.330 e. The second kappa shape index (κ2) is 6.69. The molecule has 2 heterocycles. The monoisotopic (exact) mass is 328 g/mol. The van der Waals surface area contributed by atoms with Crippen LogP contribution < -0.4 is 10.5 Å². The van der Waals surface area contributed by atoms with Gasteiger partial charge in [0, 0.05) is 29.0 Å². The number of aromatic nitrogens is 2. The average molecular weight is 328 g/mol. The Balaban J connectivity index is 2.02. The molecule has 3 N–H and O–H groups in total. The Labute approximate surface area is 129 Å². The molecule has 0 bridgehead atoms. The summed E-state index contributed by atoms with van der Waals surface area (Å²) in [6.07, 6.45) is 3.66. The van der Waals surface area contributed by atoms with Crippen LogP contribution in [-0.4, -0.2) is 24.7 Å². The number of aryl methyl sites for hydroxylation is 3. The average Bonchev–Trinajstić information content (AvgIpc) is 3.03. The first kappa shape index (κ1) is 16.2. The van der Waals surface area contributed by atoms with Crippen LogP contribution in [-0.2, 0) is 23.1 Å². The number of hydrogen-bond donors (Lipinski definition) is 2. The van der Waals surface area contributed by atoms with Crippen LogP contribution in [0.25, 0.3) is 0 Å². The topological polar surface area (TPSA) is 90.0 Å². The number of nitrogens with zero attached hydrogens (tertiary/aromatic N) is 2. The van der Waals surface area contributed by atoms with Crippen LogP contribution >= 0.6 is 11.3 Å². The van der Waals surface area contributed by atoms with E-state index in [-0.39, 0.29) is 4.90 Å². The van der Waals surface area contributed by atoms with Crippen LogP contribution in [0.15, 0.2) is 23.4 Å². The van der Waals surface area contributed by atoms with E-state index >= 15 is 0 Å². The molecule has 6 nitrogen and oxygen atoms in total. The number of nitrogens with one attached hydrogen (secondary N) is 1. The first-order valence-corrected chi connectivity index (χ1v) is 9.00. The Bertz CT molecular complexity index is 684. The fourth-order valence-electron chi connectivity index (χ4n) is 1.85. The maximum absolute atomic E-state index is 12.2. The molecule has 2 aromatic rings. The zero-order chi connectivity index (χ0) is 15.5. The van der Waals surface area contributed by atoms with Gasteiger partial charge in [0.15, 0.2) is 0 Å². The maximum Gasteiger partial charge on any atom is 0.244 e. The molecule has 0 spiro atoms. The van der Waals surface area contributed by atoms with Gasteiger partial charge in [0.2, 0.25) is 10.0 Å². The fraction of sp³-hybridized carbons (Fsp3) is 0.462. The van der Waals surface area contributed by atoms with Crippen molar-refractivity contribution in [3.8, 4) is 0 Å². The van der Waals surface area contributed by atoms with Crippen molar-refractivity contribution in [3.63, 3.8) is 0 Å². The van der Waals surface area contributed by atoms with E-state index in [9.17, 15) is 8.42 Å². The molecule has 0 amide bonds. The third-order valence-electron chi connectivity index (χ3n) is 3.16. The van der Waals surface area contributed by atoms with Crippen molar-refractivity contribution in [1.29, 1.82) is 0 Å². The molecule has 21 heavy (non-hydrogen) atoms. The summed E-state index contributed by atoms with van der Waals surface area (Å²) in [6, 6.07) is 2.01. The molecule has 0 atom stereocenters. The third kappa shape index (κ3) is 4.13.